The first kappa shape index (κ1) is 21.8. The Morgan fingerprint density at radius 2 is 1.03 bits per heavy atom. The van der Waals surface area contributed by atoms with Gasteiger partial charge in [-0.25, -0.2) is 0 Å². The van der Waals surface area contributed by atoms with E-state index in [0.717, 1.165) is 24.0 Å². The Balaban J connectivity index is 1.83. The molecule has 4 rings (SSSR count). The second-order valence-corrected chi connectivity index (χ2v) is 8.29. The lowest BCUT2D eigenvalue weighted by Crippen LogP contribution is -2.35. The molecule has 164 valence electrons. The van der Waals surface area contributed by atoms with Crippen LogP contribution >= 0.6 is 0 Å². The van der Waals surface area contributed by atoms with Gasteiger partial charge in [0.2, 0.25) is 0 Å². The lowest BCUT2D eigenvalue weighted by atomic mass is 9.73. The molecule has 0 heterocycles. The van der Waals surface area contributed by atoms with E-state index in [1.807, 2.05) is 36.4 Å². The van der Waals surface area contributed by atoms with Crippen molar-refractivity contribution < 1.29 is 19.1 Å². The summed E-state index contributed by atoms with van der Waals surface area (Å²) in [5.41, 5.74) is 7.01. The number of esters is 2. The van der Waals surface area contributed by atoms with Crippen molar-refractivity contribution in [3.05, 3.63) is 95.1 Å². The highest BCUT2D eigenvalue weighted by Crippen LogP contribution is 2.42. The summed E-state index contributed by atoms with van der Waals surface area (Å²) >= 11 is 0. The third-order valence-corrected chi connectivity index (χ3v) is 6.44. The maximum Gasteiger partial charge on any atom is 0.309 e. The van der Waals surface area contributed by atoms with Crippen LogP contribution in [0.3, 0.4) is 0 Å². The molecule has 0 fully saturated rings. The maximum atomic E-state index is 12.6. The molecule has 0 aliphatic heterocycles. The summed E-state index contributed by atoms with van der Waals surface area (Å²) in [5, 5.41) is 0. The normalized spacial score (nSPS) is 24.1. The molecule has 2 aromatic rings. The van der Waals surface area contributed by atoms with E-state index in [1.165, 1.54) is 36.5 Å². The molecule has 0 aromatic heterocycles. The molecule has 0 radical (unpaired) electrons. The molecule has 2 unspecified atom stereocenters. The topological polar surface area (TPSA) is 52.6 Å². The van der Waals surface area contributed by atoms with Gasteiger partial charge in [0.1, 0.15) is 0 Å². The van der Waals surface area contributed by atoms with Gasteiger partial charge in [-0.15, -0.1) is 0 Å². The summed E-state index contributed by atoms with van der Waals surface area (Å²) in [4.78, 5) is 25.1. The van der Waals surface area contributed by atoms with Crippen molar-refractivity contribution in [1.29, 1.82) is 0 Å². The summed E-state index contributed by atoms with van der Waals surface area (Å²) in [7, 11) is 2.74. The first-order valence-corrected chi connectivity index (χ1v) is 11.0. The van der Waals surface area contributed by atoms with Crippen molar-refractivity contribution in [2.24, 2.45) is 11.8 Å². The number of hydrogen-bond acceptors (Lipinski definition) is 4. The van der Waals surface area contributed by atoms with Crippen LogP contribution in [-0.2, 0) is 19.1 Å². The maximum absolute atomic E-state index is 12.6. The molecule has 2 aromatic carbocycles. The van der Waals surface area contributed by atoms with Gasteiger partial charge >= 0.3 is 11.9 Å². The van der Waals surface area contributed by atoms with E-state index in [-0.39, 0.29) is 11.9 Å². The quantitative estimate of drug-likeness (QED) is 0.594. The molecule has 0 N–H and O–H groups in total. The number of carbonyl (C=O) groups is 2. The minimum absolute atomic E-state index is 0.365. The molecule has 4 heteroatoms. The SMILES string of the molecule is COC(=O)C1CC2=C(/C=C(/c3ccccc3)CC/C(c3ccccc3)=C\2)CC1C(=O)OC. The Kier molecular flexibility index (Phi) is 6.69. The van der Waals surface area contributed by atoms with Crippen LogP contribution in [0.25, 0.3) is 11.1 Å². The monoisotopic (exact) mass is 428 g/mol. The Labute approximate surface area is 189 Å². The Hall–Kier alpha value is -3.40. The van der Waals surface area contributed by atoms with Gasteiger partial charge in [-0.05, 0) is 59.1 Å². The van der Waals surface area contributed by atoms with Crippen LogP contribution in [0.15, 0.2) is 84.0 Å². The van der Waals surface area contributed by atoms with Crippen molar-refractivity contribution in [2.45, 2.75) is 25.7 Å². The van der Waals surface area contributed by atoms with E-state index in [9.17, 15) is 9.59 Å². The Morgan fingerprint density at radius 1 is 0.656 bits per heavy atom. The smallest absolute Gasteiger partial charge is 0.309 e. The molecular weight excluding hydrogens is 400 g/mol. The number of ether oxygens (including phenoxy) is 2. The third-order valence-electron chi connectivity index (χ3n) is 6.44. The van der Waals surface area contributed by atoms with Gasteiger partial charge < -0.3 is 9.47 Å². The second-order valence-electron chi connectivity index (χ2n) is 8.29. The molecule has 2 aliphatic carbocycles. The molecule has 4 nitrogen and oxygen atoms in total. The van der Waals surface area contributed by atoms with Gasteiger partial charge in [0.05, 0.1) is 26.1 Å². The summed E-state index contributed by atoms with van der Waals surface area (Å²) in [6.07, 6.45) is 7.13. The molecule has 0 bridgehead atoms. The highest BCUT2D eigenvalue weighted by atomic mass is 16.5. The molecule has 0 saturated heterocycles. The Morgan fingerprint density at radius 3 is 1.38 bits per heavy atom. The predicted octanol–water partition coefficient (Wildman–Crippen LogP) is 5.62. The van der Waals surface area contributed by atoms with Gasteiger partial charge in [0.15, 0.2) is 0 Å². The fraction of sp³-hybridized carbons (Fsp3) is 0.286. The van der Waals surface area contributed by atoms with Crippen LogP contribution in [0.2, 0.25) is 0 Å². The van der Waals surface area contributed by atoms with Gasteiger partial charge in [-0.2, -0.15) is 0 Å². The number of methoxy groups -OCH3 is 2. The van der Waals surface area contributed by atoms with E-state index in [4.69, 9.17) is 9.47 Å². The number of carbonyl (C=O) groups excluding carboxylic acids is 2. The third kappa shape index (κ3) is 4.59. The molecule has 0 saturated carbocycles. The average molecular weight is 429 g/mol. The van der Waals surface area contributed by atoms with E-state index < -0.39 is 11.8 Å². The predicted molar refractivity (Wildman–Crippen MR) is 125 cm³/mol. The van der Waals surface area contributed by atoms with Crippen molar-refractivity contribution in [3.63, 3.8) is 0 Å². The van der Waals surface area contributed by atoms with E-state index in [0.29, 0.717) is 12.8 Å². The highest BCUT2D eigenvalue weighted by molar-refractivity contribution is 5.85. The van der Waals surface area contributed by atoms with Crippen LogP contribution in [-0.4, -0.2) is 26.2 Å². The van der Waals surface area contributed by atoms with Crippen LogP contribution in [0, 0.1) is 11.8 Å². The minimum Gasteiger partial charge on any atom is -0.469 e. The molecule has 0 amide bonds. The summed E-state index contributed by atoms with van der Waals surface area (Å²) in [6, 6.07) is 20.7. The number of benzene rings is 2. The lowest BCUT2D eigenvalue weighted by Gasteiger charge is -2.31. The van der Waals surface area contributed by atoms with Gasteiger partial charge in [-0.3, -0.25) is 9.59 Å². The van der Waals surface area contributed by atoms with Gasteiger partial charge in [-0.1, -0.05) is 72.8 Å². The lowest BCUT2D eigenvalue weighted by molar-refractivity contribution is -0.157. The summed E-state index contributed by atoms with van der Waals surface area (Å²) in [6.45, 7) is 0. The molecule has 32 heavy (non-hydrogen) atoms. The van der Waals surface area contributed by atoms with Crippen molar-refractivity contribution >= 4 is 23.1 Å². The van der Waals surface area contributed by atoms with Crippen LogP contribution < -0.4 is 0 Å². The minimum atomic E-state index is -0.549. The summed E-state index contributed by atoms with van der Waals surface area (Å²) in [5.74, 6) is -1.83. The second kappa shape index (κ2) is 9.82. The summed E-state index contributed by atoms with van der Waals surface area (Å²) < 4.78 is 10.1. The molecule has 2 atom stereocenters. The van der Waals surface area contributed by atoms with Crippen LogP contribution in [0.4, 0.5) is 0 Å². The van der Waals surface area contributed by atoms with Gasteiger partial charge in [0, 0.05) is 0 Å². The zero-order valence-electron chi connectivity index (χ0n) is 18.5. The van der Waals surface area contributed by atoms with E-state index in [2.05, 4.69) is 36.4 Å². The van der Waals surface area contributed by atoms with Crippen molar-refractivity contribution in [1.82, 2.24) is 0 Å². The zero-order chi connectivity index (χ0) is 22.5. The number of hydrogen-bond donors (Lipinski definition) is 0. The first-order valence-electron chi connectivity index (χ1n) is 11.0. The van der Waals surface area contributed by atoms with Crippen molar-refractivity contribution in [2.75, 3.05) is 14.2 Å². The molecule has 2 aliphatic rings. The van der Waals surface area contributed by atoms with Crippen LogP contribution in [0.5, 0.6) is 0 Å². The zero-order valence-corrected chi connectivity index (χ0v) is 18.5. The number of allylic oxidation sites excluding steroid dienone is 6. The fourth-order valence-corrected chi connectivity index (χ4v) is 4.72. The standard InChI is InChI=1S/C28H28O4/c1-31-27(29)25-17-23-15-21(19-9-5-3-6-10-19)13-14-22(20-11-7-4-8-12-20)16-24(23)18-26(25)28(30)32-2/h3-12,15-16,25-26H,13-14,17-18H2,1-2H3/b21-15+,22-16+. The number of rotatable bonds is 4. The fourth-order valence-electron chi connectivity index (χ4n) is 4.72. The van der Waals surface area contributed by atoms with E-state index in [1.54, 1.807) is 0 Å². The molecule has 0 spiro atoms. The van der Waals surface area contributed by atoms with E-state index >= 15 is 0 Å². The largest absolute Gasteiger partial charge is 0.469 e. The highest BCUT2D eigenvalue weighted by Gasteiger charge is 2.40. The molecular formula is C28H28O4. The van der Waals surface area contributed by atoms with Crippen LogP contribution in [0.1, 0.15) is 36.8 Å². The van der Waals surface area contributed by atoms with Gasteiger partial charge in [0.25, 0.3) is 0 Å². The first-order chi connectivity index (χ1) is 15.6. The average Bonchev–Trinajstić information content (AvgIpc) is 2.84. The Bertz CT molecular complexity index is 989. The van der Waals surface area contributed by atoms with Crippen molar-refractivity contribution in [3.8, 4) is 0 Å².